The Morgan fingerprint density at radius 3 is 2.95 bits per heavy atom. The van der Waals surface area contributed by atoms with E-state index < -0.39 is 0 Å². The summed E-state index contributed by atoms with van der Waals surface area (Å²) in [5, 5.41) is 4.54. The second-order valence-electron chi connectivity index (χ2n) is 5.29. The molecule has 1 N–H and O–H groups in total. The van der Waals surface area contributed by atoms with Crippen LogP contribution in [0, 0.1) is 5.92 Å². The summed E-state index contributed by atoms with van der Waals surface area (Å²) in [7, 11) is 0. The number of benzene rings is 1. The lowest BCUT2D eigenvalue weighted by Gasteiger charge is -2.20. The molecule has 1 saturated carbocycles. The summed E-state index contributed by atoms with van der Waals surface area (Å²) in [6.45, 7) is 3.31. The molecule has 106 valence electrons. The average molecular weight is 298 g/mol. The summed E-state index contributed by atoms with van der Waals surface area (Å²) in [5.74, 6) is 3.18. The molecular formula is C16H24ClNS. The van der Waals surface area contributed by atoms with Crippen LogP contribution in [-0.2, 0) is 5.75 Å². The summed E-state index contributed by atoms with van der Waals surface area (Å²) in [4.78, 5) is 0. The van der Waals surface area contributed by atoms with Gasteiger partial charge in [-0.05, 0) is 49.1 Å². The van der Waals surface area contributed by atoms with Crippen LogP contribution < -0.4 is 5.32 Å². The number of nitrogens with one attached hydrogen (secondary N) is 1. The largest absolute Gasteiger partial charge is 0.314 e. The molecule has 1 aliphatic rings. The molecule has 0 aromatic heterocycles. The predicted octanol–water partition coefficient (Wildman–Crippen LogP) is 4.74. The van der Waals surface area contributed by atoms with Crippen molar-refractivity contribution in [2.75, 3.05) is 12.3 Å². The summed E-state index contributed by atoms with van der Waals surface area (Å²) in [6, 6.07) is 8.95. The third-order valence-electron chi connectivity index (χ3n) is 3.97. The minimum absolute atomic E-state index is 0.769. The van der Waals surface area contributed by atoms with E-state index in [1.807, 2.05) is 23.9 Å². The third-order valence-corrected chi connectivity index (χ3v) is 5.38. The van der Waals surface area contributed by atoms with Crippen molar-refractivity contribution < 1.29 is 0 Å². The Kier molecular flexibility index (Phi) is 6.55. The van der Waals surface area contributed by atoms with Crippen molar-refractivity contribution in [2.24, 2.45) is 5.92 Å². The van der Waals surface area contributed by atoms with E-state index in [4.69, 9.17) is 11.6 Å². The van der Waals surface area contributed by atoms with Gasteiger partial charge in [-0.2, -0.15) is 11.8 Å². The van der Waals surface area contributed by atoms with Crippen molar-refractivity contribution in [1.29, 1.82) is 0 Å². The van der Waals surface area contributed by atoms with E-state index in [1.165, 1.54) is 37.0 Å². The standard InChI is InChI=1S/C16H24ClNS/c1-2-18-16-9-5-7-13(16)10-11-19-12-14-6-3-4-8-15(14)17/h3-4,6,8,13,16,18H,2,5,7,9-12H2,1H3. The first-order valence-electron chi connectivity index (χ1n) is 7.35. The minimum atomic E-state index is 0.769. The zero-order valence-electron chi connectivity index (χ0n) is 11.7. The van der Waals surface area contributed by atoms with Gasteiger partial charge in [0.05, 0.1) is 0 Å². The van der Waals surface area contributed by atoms with Crippen LogP contribution >= 0.6 is 23.4 Å². The first-order valence-corrected chi connectivity index (χ1v) is 8.89. The summed E-state index contributed by atoms with van der Waals surface area (Å²) in [6.07, 6.45) is 5.52. The van der Waals surface area contributed by atoms with Crippen molar-refractivity contribution >= 4 is 23.4 Å². The van der Waals surface area contributed by atoms with E-state index in [1.54, 1.807) is 0 Å². The smallest absolute Gasteiger partial charge is 0.0446 e. The fraction of sp³-hybridized carbons (Fsp3) is 0.625. The van der Waals surface area contributed by atoms with E-state index in [0.29, 0.717) is 0 Å². The molecule has 0 bridgehead atoms. The molecular weight excluding hydrogens is 274 g/mol. The molecule has 0 aliphatic heterocycles. The number of hydrogen-bond acceptors (Lipinski definition) is 2. The number of hydrogen-bond donors (Lipinski definition) is 1. The monoisotopic (exact) mass is 297 g/mol. The highest BCUT2D eigenvalue weighted by Gasteiger charge is 2.25. The van der Waals surface area contributed by atoms with Crippen LogP contribution in [0.25, 0.3) is 0 Å². The van der Waals surface area contributed by atoms with Crippen LogP contribution in [0.5, 0.6) is 0 Å². The molecule has 19 heavy (non-hydrogen) atoms. The number of rotatable bonds is 7. The van der Waals surface area contributed by atoms with Gasteiger partial charge in [0, 0.05) is 16.8 Å². The Hall–Kier alpha value is -0.180. The number of halogens is 1. The lowest BCUT2D eigenvalue weighted by molar-refractivity contribution is 0.400. The Balaban J connectivity index is 1.68. The van der Waals surface area contributed by atoms with Gasteiger partial charge >= 0.3 is 0 Å². The summed E-state index contributed by atoms with van der Waals surface area (Å²) in [5.41, 5.74) is 1.27. The van der Waals surface area contributed by atoms with Crippen LogP contribution in [-0.4, -0.2) is 18.3 Å². The number of thioether (sulfide) groups is 1. The zero-order valence-corrected chi connectivity index (χ0v) is 13.3. The SMILES string of the molecule is CCNC1CCCC1CCSCc1ccccc1Cl. The molecule has 0 saturated heterocycles. The van der Waals surface area contributed by atoms with Gasteiger partial charge < -0.3 is 5.32 Å². The van der Waals surface area contributed by atoms with Gasteiger partial charge in [-0.15, -0.1) is 0 Å². The van der Waals surface area contributed by atoms with Crippen molar-refractivity contribution in [1.82, 2.24) is 5.32 Å². The van der Waals surface area contributed by atoms with Crippen LogP contribution in [0.4, 0.5) is 0 Å². The molecule has 3 heteroatoms. The van der Waals surface area contributed by atoms with Gasteiger partial charge in [-0.1, -0.05) is 43.1 Å². The maximum atomic E-state index is 6.17. The zero-order chi connectivity index (χ0) is 13.5. The Labute approximate surface area is 126 Å². The van der Waals surface area contributed by atoms with Crippen molar-refractivity contribution in [3.05, 3.63) is 34.9 Å². The van der Waals surface area contributed by atoms with Gasteiger partial charge in [0.25, 0.3) is 0 Å². The molecule has 0 spiro atoms. The quantitative estimate of drug-likeness (QED) is 0.730. The maximum Gasteiger partial charge on any atom is 0.0446 e. The Morgan fingerprint density at radius 2 is 2.16 bits per heavy atom. The maximum absolute atomic E-state index is 6.17. The molecule has 1 aliphatic carbocycles. The highest BCUT2D eigenvalue weighted by molar-refractivity contribution is 7.98. The van der Waals surface area contributed by atoms with E-state index >= 15 is 0 Å². The van der Waals surface area contributed by atoms with Gasteiger partial charge in [0.1, 0.15) is 0 Å². The normalized spacial score (nSPS) is 22.8. The molecule has 1 nitrogen and oxygen atoms in total. The van der Waals surface area contributed by atoms with Gasteiger partial charge in [0.15, 0.2) is 0 Å². The molecule has 0 heterocycles. The van der Waals surface area contributed by atoms with Gasteiger partial charge in [-0.25, -0.2) is 0 Å². The van der Waals surface area contributed by atoms with E-state index in [9.17, 15) is 0 Å². The molecule has 2 rings (SSSR count). The van der Waals surface area contributed by atoms with E-state index in [-0.39, 0.29) is 0 Å². The van der Waals surface area contributed by atoms with Gasteiger partial charge in [-0.3, -0.25) is 0 Å². The minimum Gasteiger partial charge on any atom is -0.314 e. The predicted molar refractivity (Wildman–Crippen MR) is 87.0 cm³/mol. The fourth-order valence-corrected chi connectivity index (χ4v) is 4.31. The van der Waals surface area contributed by atoms with Crippen molar-refractivity contribution in [2.45, 2.75) is 44.4 Å². The summed E-state index contributed by atoms with van der Waals surface area (Å²) < 4.78 is 0. The summed E-state index contributed by atoms with van der Waals surface area (Å²) >= 11 is 8.19. The second-order valence-corrected chi connectivity index (χ2v) is 6.80. The third kappa shape index (κ3) is 4.70. The molecule has 0 amide bonds. The second kappa shape index (κ2) is 8.18. The molecule has 2 unspecified atom stereocenters. The fourth-order valence-electron chi connectivity index (χ4n) is 2.95. The molecule has 1 aromatic carbocycles. The molecule has 0 radical (unpaired) electrons. The lowest BCUT2D eigenvalue weighted by Crippen LogP contribution is -2.32. The Morgan fingerprint density at radius 1 is 1.32 bits per heavy atom. The lowest BCUT2D eigenvalue weighted by atomic mass is 10.0. The topological polar surface area (TPSA) is 12.0 Å². The van der Waals surface area contributed by atoms with Crippen molar-refractivity contribution in [3.8, 4) is 0 Å². The van der Waals surface area contributed by atoms with Gasteiger partial charge in [0.2, 0.25) is 0 Å². The first-order chi connectivity index (χ1) is 9.31. The molecule has 1 fully saturated rings. The van der Waals surface area contributed by atoms with Crippen LogP contribution in [0.15, 0.2) is 24.3 Å². The van der Waals surface area contributed by atoms with Crippen molar-refractivity contribution in [3.63, 3.8) is 0 Å². The highest BCUT2D eigenvalue weighted by atomic mass is 35.5. The average Bonchev–Trinajstić information content (AvgIpc) is 2.85. The van der Waals surface area contributed by atoms with E-state index in [0.717, 1.165) is 29.3 Å². The van der Waals surface area contributed by atoms with E-state index in [2.05, 4.69) is 24.4 Å². The molecule has 1 aromatic rings. The first kappa shape index (κ1) is 15.2. The van der Waals surface area contributed by atoms with Crippen LogP contribution in [0.3, 0.4) is 0 Å². The van der Waals surface area contributed by atoms with Crippen LogP contribution in [0.1, 0.15) is 38.2 Å². The highest BCUT2D eigenvalue weighted by Crippen LogP contribution is 2.30. The van der Waals surface area contributed by atoms with Crippen LogP contribution in [0.2, 0.25) is 5.02 Å². The molecule has 2 atom stereocenters. The Bertz CT molecular complexity index is 383.